The van der Waals surface area contributed by atoms with Crippen molar-refractivity contribution in [1.29, 1.82) is 0 Å². The molecule has 0 rings (SSSR count). The van der Waals surface area contributed by atoms with Gasteiger partial charge in [-0.2, -0.15) is 13.2 Å². The minimum Gasteiger partial charge on any atom is -0.440 e. The number of hydrogen-bond donors (Lipinski definition) is 2. The van der Waals surface area contributed by atoms with Crippen LogP contribution in [0.2, 0.25) is 0 Å². The lowest BCUT2D eigenvalue weighted by Gasteiger charge is -2.15. The molecule has 0 aromatic carbocycles. The van der Waals surface area contributed by atoms with Gasteiger partial charge in [0.25, 0.3) is 0 Å². The number of ether oxygens (including phenoxy) is 2. The summed E-state index contributed by atoms with van der Waals surface area (Å²) in [5, 5.41) is 10.7. The maximum Gasteiger partial charge on any atom is 0.422 e. The number of methoxy groups -OCH3 is 1. The van der Waals surface area contributed by atoms with Crippen LogP contribution in [0, 0.1) is 0 Å². The quantitative estimate of drug-likeness (QED) is 0.713. The van der Waals surface area contributed by atoms with Crippen molar-refractivity contribution < 1.29 is 32.5 Å². The lowest BCUT2D eigenvalue weighted by molar-refractivity contribution is -0.160. The summed E-state index contributed by atoms with van der Waals surface area (Å²) in [7, 11) is 1.32. The van der Waals surface area contributed by atoms with Gasteiger partial charge in [0, 0.05) is 7.11 Å². The molecule has 0 bridgehead atoms. The summed E-state index contributed by atoms with van der Waals surface area (Å²) in [6.07, 6.45) is -5.81. The van der Waals surface area contributed by atoms with E-state index >= 15 is 0 Å². The zero-order valence-electron chi connectivity index (χ0n) is 8.00. The van der Waals surface area contributed by atoms with Crippen molar-refractivity contribution in [2.24, 2.45) is 0 Å². The van der Waals surface area contributed by atoms with Crippen LogP contribution >= 0.6 is 0 Å². The van der Waals surface area contributed by atoms with Crippen molar-refractivity contribution in [1.82, 2.24) is 5.32 Å². The van der Waals surface area contributed by atoms with E-state index in [0.717, 1.165) is 0 Å². The van der Waals surface area contributed by atoms with Crippen LogP contribution in [-0.4, -0.2) is 50.3 Å². The van der Waals surface area contributed by atoms with Crippen molar-refractivity contribution in [2.75, 3.05) is 26.9 Å². The minimum absolute atomic E-state index is 0.0163. The van der Waals surface area contributed by atoms with E-state index in [1.165, 1.54) is 7.11 Å². The number of alkyl halides is 3. The second-order valence-electron chi connectivity index (χ2n) is 2.67. The average molecular weight is 231 g/mol. The summed E-state index contributed by atoms with van der Waals surface area (Å²) >= 11 is 0. The van der Waals surface area contributed by atoms with E-state index in [1.807, 2.05) is 5.32 Å². The molecule has 0 aromatic rings. The number of nitrogens with one attached hydrogen (secondary N) is 1. The molecule has 0 spiro atoms. The summed E-state index contributed by atoms with van der Waals surface area (Å²) < 4.78 is 43.2. The zero-order valence-corrected chi connectivity index (χ0v) is 8.00. The molecule has 0 heterocycles. The molecule has 1 unspecified atom stereocenters. The molecule has 2 N–H and O–H groups in total. The van der Waals surface area contributed by atoms with E-state index in [-0.39, 0.29) is 6.61 Å². The van der Waals surface area contributed by atoms with Crippen LogP contribution in [0.5, 0.6) is 0 Å². The molecule has 0 saturated carbocycles. The number of aliphatic hydroxyl groups is 1. The first-order valence-electron chi connectivity index (χ1n) is 3.99. The second-order valence-corrected chi connectivity index (χ2v) is 2.67. The predicted octanol–water partition coefficient (Wildman–Crippen LogP) is 0.282. The maximum atomic E-state index is 11.6. The first-order valence-corrected chi connectivity index (χ1v) is 3.99. The number of alkyl carbamates (subject to hydrolysis) is 1. The molecule has 1 atom stereocenters. The first kappa shape index (κ1) is 14.0. The Balaban J connectivity index is 3.81. The highest BCUT2D eigenvalue weighted by atomic mass is 19.4. The van der Waals surface area contributed by atoms with Gasteiger partial charge < -0.3 is 19.9 Å². The van der Waals surface area contributed by atoms with E-state index in [2.05, 4.69) is 9.47 Å². The Kier molecular flexibility index (Phi) is 6.02. The molecule has 0 fully saturated rings. The lowest BCUT2D eigenvalue weighted by Crippen LogP contribution is -2.41. The largest absolute Gasteiger partial charge is 0.440 e. The molecular weight excluding hydrogens is 219 g/mol. The van der Waals surface area contributed by atoms with Crippen molar-refractivity contribution in [3.8, 4) is 0 Å². The lowest BCUT2D eigenvalue weighted by atomic mass is 10.3. The third-order valence-corrected chi connectivity index (χ3v) is 1.28. The Bertz CT molecular complexity index is 197. The van der Waals surface area contributed by atoms with Gasteiger partial charge >= 0.3 is 12.3 Å². The van der Waals surface area contributed by atoms with Gasteiger partial charge in [0.1, 0.15) is 0 Å². The molecule has 15 heavy (non-hydrogen) atoms. The van der Waals surface area contributed by atoms with Crippen LogP contribution in [0.4, 0.5) is 18.0 Å². The van der Waals surface area contributed by atoms with E-state index < -0.39 is 31.5 Å². The molecule has 0 aliphatic carbocycles. The maximum absolute atomic E-state index is 11.6. The van der Waals surface area contributed by atoms with Gasteiger partial charge in [-0.15, -0.1) is 0 Å². The number of rotatable bonds is 5. The van der Waals surface area contributed by atoms with Crippen LogP contribution in [-0.2, 0) is 9.47 Å². The number of carbonyl (C=O) groups is 1. The van der Waals surface area contributed by atoms with E-state index in [0.29, 0.717) is 0 Å². The Labute approximate surface area is 84.2 Å². The molecule has 0 aliphatic rings. The summed E-state index contributed by atoms with van der Waals surface area (Å²) in [6, 6.07) is -0.782. The van der Waals surface area contributed by atoms with Gasteiger partial charge in [-0.05, 0) is 0 Å². The average Bonchev–Trinajstić information content (AvgIpc) is 2.13. The molecule has 5 nitrogen and oxygen atoms in total. The van der Waals surface area contributed by atoms with Crippen molar-refractivity contribution in [3.63, 3.8) is 0 Å². The Morgan fingerprint density at radius 1 is 1.53 bits per heavy atom. The minimum atomic E-state index is -4.56. The van der Waals surface area contributed by atoms with Gasteiger partial charge in [-0.3, -0.25) is 0 Å². The van der Waals surface area contributed by atoms with Crippen LogP contribution in [0.15, 0.2) is 0 Å². The molecule has 0 radical (unpaired) electrons. The summed E-state index contributed by atoms with van der Waals surface area (Å²) in [6.45, 7) is -2.13. The topological polar surface area (TPSA) is 67.8 Å². The molecule has 0 saturated heterocycles. The Morgan fingerprint density at radius 3 is 2.53 bits per heavy atom. The summed E-state index contributed by atoms with van der Waals surface area (Å²) in [5.74, 6) is 0. The highest BCUT2D eigenvalue weighted by Gasteiger charge is 2.29. The second kappa shape index (κ2) is 6.46. The van der Waals surface area contributed by atoms with E-state index in [4.69, 9.17) is 5.11 Å². The van der Waals surface area contributed by atoms with Gasteiger partial charge in [-0.25, -0.2) is 4.79 Å². The fraction of sp³-hybridized carbons (Fsp3) is 0.857. The number of carbonyl (C=O) groups excluding carboxylic acids is 1. The molecule has 0 aromatic heterocycles. The smallest absolute Gasteiger partial charge is 0.422 e. The fourth-order valence-corrected chi connectivity index (χ4v) is 0.697. The van der Waals surface area contributed by atoms with Gasteiger partial charge in [0.15, 0.2) is 6.61 Å². The Hall–Kier alpha value is -1.02. The van der Waals surface area contributed by atoms with E-state index in [1.54, 1.807) is 0 Å². The predicted molar refractivity (Wildman–Crippen MR) is 43.3 cm³/mol. The number of halogens is 3. The highest BCUT2D eigenvalue weighted by molar-refractivity contribution is 5.67. The van der Waals surface area contributed by atoms with Crippen LogP contribution in [0.3, 0.4) is 0 Å². The van der Waals surface area contributed by atoms with Crippen LogP contribution in [0.1, 0.15) is 0 Å². The standard InChI is InChI=1S/C7H12F3NO4/c1-14-3-5(2-12)11-6(13)15-4-7(8,9)10/h5,12H,2-4H2,1H3,(H,11,13). The number of amides is 1. The molecular formula is C7H12F3NO4. The third-order valence-electron chi connectivity index (χ3n) is 1.28. The monoisotopic (exact) mass is 231 g/mol. The van der Waals surface area contributed by atoms with Crippen LogP contribution in [0.25, 0.3) is 0 Å². The Morgan fingerprint density at radius 2 is 2.13 bits per heavy atom. The normalized spacial score (nSPS) is 13.4. The van der Waals surface area contributed by atoms with Crippen molar-refractivity contribution in [2.45, 2.75) is 12.2 Å². The molecule has 1 amide bonds. The zero-order chi connectivity index (χ0) is 11.9. The van der Waals surface area contributed by atoms with Crippen LogP contribution < -0.4 is 5.32 Å². The SMILES string of the molecule is COCC(CO)NC(=O)OCC(F)(F)F. The van der Waals surface area contributed by atoms with Gasteiger partial charge in [0.2, 0.25) is 0 Å². The van der Waals surface area contributed by atoms with Crippen molar-refractivity contribution >= 4 is 6.09 Å². The first-order chi connectivity index (χ1) is 6.89. The fourth-order valence-electron chi connectivity index (χ4n) is 0.697. The number of aliphatic hydroxyl groups excluding tert-OH is 1. The number of hydrogen-bond acceptors (Lipinski definition) is 4. The summed E-state index contributed by atoms with van der Waals surface area (Å²) in [5.41, 5.74) is 0. The van der Waals surface area contributed by atoms with Gasteiger partial charge in [-0.1, -0.05) is 0 Å². The van der Waals surface area contributed by atoms with E-state index in [9.17, 15) is 18.0 Å². The molecule has 0 aliphatic heterocycles. The molecule has 8 heteroatoms. The molecule has 90 valence electrons. The highest BCUT2D eigenvalue weighted by Crippen LogP contribution is 2.14. The third kappa shape index (κ3) is 8.01. The van der Waals surface area contributed by atoms with Crippen molar-refractivity contribution in [3.05, 3.63) is 0 Å². The summed E-state index contributed by atoms with van der Waals surface area (Å²) in [4.78, 5) is 10.7. The van der Waals surface area contributed by atoms with Gasteiger partial charge in [0.05, 0.1) is 19.3 Å².